The highest BCUT2D eigenvalue weighted by atomic mass is 16.5. The lowest BCUT2D eigenvalue weighted by Crippen LogP contribution is -2.29. The first kappa shape index (κ1) is 13.5. The number of para-hydroxylation sites is 1. The molecule has 108 valence electrons. The van der Waals surface area contributed by atoms with Crippen LogP contribution in [0.1, 0.15) is 22.8 Å². The van der Waals surface area contributed by atoms with Crippen molar-refractivity contribution in [1.82, 2.24) is 0 Å². The Labute approximate surface area is 124 Å². The Bertz CT molecular complexity index is 665. The number of nitrogen functional groups attached to an aromatic ring is 1. The van der Waals surface area contributed by atoms with E-state index in [1.807, 2.05) is 37.3 Å². The lowest BCUT2D eigenvalue weighted by atomic mass is 10.1. The van der Waals surface area contributed by atoms with E-state index in [2.05, 4.69) is 0 Å². The molecule has 0 atom stereocenters. The molecule has 2 aromatic carbocycles. The topological polar surface area (TPSA) is 55.6 Å². The zero-order valence-corrected chi connectivity index (χ0v) is 12.0. The molecule has 2 aromatic rings. The zero-order chi connectivity index (χ0) is 14.8. The van der Waals surface area contributed by atoms with E-state index in [1.54, 1.807) is 17.0 Å². The Kier molecular flexibility index (Phi) is 3.52. The van der Waals surface area contributed by atoms with Gasteiger partial charge in [0.2, 0.25) is 0 Å². The van der Waals surface area contributed by atoms with Gasteiger partial charge < -0.3 is 15.4 Å². The monoisotopic (exact) mass is 282 g/mol. The number of ether oxygens (including phenoxy) is 1. The van der Waals surface area contributed by atoms with Gasteiger partial charge in [0.05, 0.1) is 18.0 Å². The van der Waals surface area contributed by atoms with Gasteiger partial charge in [-0.15, -0.1) is 0 Å². The minimum atomic E-state index is -0.0188. The van der Waals surface area contributed by atoms with Crippen molar-refractivity contribution < 1.29 is 9.53 Å². The summed E-state index contributed by atoms with van der Waals surface area (Å²) in [5.74, 6) is 0.755. The molecule has 1 aliphatic heterocycles. The average Bonchev–Trinajstić information content (AvgIpc) is 2.93. The van der Waals surface area contributed by atoms with E-state index in [0.717, 1.165) is 23.4 Å². The molecular weight excluding hydrogens is 264 g/mol. The molecule has 1 amide bonds. The molecule has 1 aliphatic rings. The second-order valence-electron chi connectivity index (χ2n) is 5.02. The number of benzene rings is 2. The van der Waals surface area contributed by atoms with Crippen LogP contribution in [-0.2, 0) is 6.42 Å². The van der Waals surface area contributed by atoms with E-state index < -0.39 is 0 Å². The maximum absolute atomic E-state index is 12.7. The predicted molar refractivity (Wildman–Crippen MR) is 83.8 cm³/mol. The number of amides is 1. The molecule has 4 nitrogen and oxygen atoms in total. The minimum Gasteiger partial charge on any atom is -0.494 e. The van der Waals surface area contributed by atoms with Crippen LogP contribution in [0.4, 0.5) is 11.4 Å². The van der Waals surface area contributed by atoms with Crippen molar-refractivity contribution in [3.63, 3.8) is 0 Å². The largest absolute Gasteiger partial charge is 0.494 e. The van der Waals surface area contributed by atoms with Gasteiger partial charge in [0.25, 0.3) is 5.91 Å². The summed E-state index contributed by atoms with van der Waals surface area (Å²) in [6.07, 6.45) is 0.850. The lowest BCUT2D eigenvalue weighted by Gasteiger charge is -2.19. The number of carbonyl (C=O) groups excluding carboxylic acids is 1. The summed E-state index contributed by atoms with van der Waals surface area (Å²) in [6, 6.07) is 13.0. The zero-order valence-electron chi connectivity index (χ0n) is 12.0. The van der Waals surface area contributed by atoms with Gasteiger partial charge in [-0.3, -0.25) is 4.79 Å². The summed E-state index contributed by atoms with van der Waals surface area (Å²) in [4.78, 5) is 14.4. The number of nitrogens with two attached hydrogens (primary N) is 1. The standard InChI is InChI=1S/C17H18N2O2/c1-2-21-14-8-6-13(7-9-14)17(20)19-11-10-12-4-3-5-15(18)16(12)19/h3-9H,2,10-11,18H2,1H3. The molecule has 0 bridgehead atoms. The Balaban J connectivity index is 1.87. The Morgan fingerprint density at radius 3 is 2.71 bits per heavy atom. The van der Waals surface area contributed by atoms with Crippen LogP contribution in [0.5, 0.6) is 5.75 Å². The fourth-order valence-corrected chi connectivity index (χ4v) is 2.71. The maximum atomic E-state index is 12.7. The van der Waals surface area contributed by atoms with Gasteiger partial charge in [-0.25, -0.2) is 0 Å². The molecule has 0 aromatic heterocycles. The number of fused-ring (bicyclic) bond motifs is 1. The van der Waals surface area contributed by atoms with Gasteiger partial charge in [0, 0.05) is 12.1 Å². The molecule has 0 saturated carbocycles. The number of carbonyl (C=O) groups is 1. The first-order valence-corrected chi connectivity index (χ1v) is 7.13. The fourth-order valence-electron chi connectivity index (χ4n) is 2.71. The van der Waals surface area contributed by atoms with E-state index >= 15 is 0 Å². The highest BCUT2D eigenvalue weighted by molar-refractivity contribution is 6.09. The summed E-state index contributed by atoms with van der Waals surface area (Å²) in [5.41, 5.74) is 9.32. The predicted octanol–water partition coefficient (Wildman–Crippen LogP) is 2.87. The van der Waals surface area contributed by atoms with E-state index in [4.69, 9.17) is 10.5 Å². The number of rotatable bonds is 3. The maximum Gasteiger partial charge on any atom is 0.258 e. The SMILES string of the molecule is CCOc1ccc(C(=O)N2CCc3cccc(N)c32)cc1. The smallest absolute Gasteiger partial charge is 0.258 e. The van der Waals surface area contributed by atoms with Crippen LogP contribution in [-0.4, -0.2) is 19.1 Å². The molecular formula is C17H18N2O2. The second-order valence-corrected chi connectivity index (χ2v) is 5.02. The van der Waals surface area contributed by atoms with E-state index in [9.17, 15) is 4.79 Å². The van der Waals surface area contributed by atoms with Crippen LogP contribution in [0.25, 0.3) is 0 Å². The van der Waals surface area contributed by atoms with Crippen LogP contribution < -0.4 is 15.4 Å². The summed E-state index contributed by atoms with van der Waals surface area (Å²) >= 11 is 0. The Morgan fingerprint density at radius 1 is 1.24 bits per heavy atom. The molecule has 0 spiro atoms. The summed E-state index contributed by atoms with van der Waals surface area (Å²) in [7, 11) is 0. The van der Waals surface area contributed by atoms with Crippen LogP contribution in [0.15, 0.2) is 42.5 Å². The van der Waals surface area contributed by atoms with Gasteiger partial charge in [-0.1, -0.05) is 12.1 Å². The van der Waals surface area contributed by atoms with E-state index in [0.29, 0.717) is 24.4 Å². The molecule has 21 heavy (non-hydrogen) atoms. The molecule has 0 fully saturated rings. The Morgan fingerprint density at radius 2 is 2.00 bits per heavy atom. The van der Waals surface area contributed by atoms with Crippen LogP contribution in [0.2, 0.25) is 0 Å². The molecule has 3 rings (SSSR count). The second kappa shape index (κ2) is 5.48. The molecule has 2 N–H and O–H groups in total. The van der Waals surface area contributed by atoms with E-state index in [1.165, 1.54) is 0 Å². The normalized spacial score (nSPS) is 13.1. The molecule has 0 aliphatic carbocycles. The van der Waals surface area contributed by atoms with Crippen LogP contribution >= 0.6 is 0 Å². The van der Waals surface area contributed by atoms with Crippen molar-refractivity contribution in [3.05, 3.63) is 53.6 Å². The van der Waals surface area contributed by atoms with Crippen molar-refractivity contribution in [1.29, 1.82) is 0 Å². The summed E-state index contributed by atoms with van der Waals surface area (Å²) < 4.78 is 5.40. The van der Waals surface area contributed by atoms with Crippen molar-refractivity contribution in [2.45, 2.75) is 13.3 Å². The quantitative estimate of drug-likeness (QED) is 0.881. The fraction of sp³-hybridized carbons (Fsp3) is 0.235. The number of hydrogen-bond donors (Lipinski definition) is 1. The number of hydrogen-bond acceptors (Lipinski definition) is 3. The number of anilines is 2. The number of nitrogens with zero attached hydrogens (tertiary/aromatic N) is 1. The minimum absolute atomic E-state index is 0.0188. The molecule has 4 heteroatoms. The van der Waals surface area contributed by atoms with Crippen molar-refractivity contribution >= 4 is 17.3 Å². The van der Waals surface area contributed by atoms with Crippen molar-refractivity contribution in [2.24, 2.45) is 0 Å². The van der Waals surface area contributed by atoms with Crippen molar-refractivity contribution in [2.75, 3.05) is 23.8 Å². The lowest BCUT2D eigenvalue weighted by molar-refractivity contribution is 0.0989. The third kappa shape index (κ3) is 2.44. The van der Waals surface area contributed by atoms with E-state index in [-0.39, 0.29) is 5.91 Å². The highest BCUT2D eigenvalue weighted by Crippen LogP contribution is 2.34. The van der Waals surface area contributed by atoms with Gasteiger partial charge >= 0.3 is 0 Å². The van der Waals surface area contributed by atoms with Gasteiger partial charge in [-0.05, 0) is 49.2 Å². The summed E-state index contributed by atoms with van der Waals surface area (Å²) in [6.45, 7) is 3.22. The molecule has 0 radical (unpaired) electrons. The highest BCUT2D eigenvalue weighted by Gasteiger charge is 2.27. The average molecular weight is 282 g/mol. The van der Waals surface area contributed by atoms with Gasteiger partial charge in [0.1, 0.15) is 5.75 Å². The molecule has 0 unspecified atom stereocenters. The van der Waals surface area contributed by atoms with Crippen LogP contribution in [0.3, 0.4) is 0 Å². The van der Waals surface area contributed by atoms with Gasteiger partial charge in [-0.2, -0.15) is 0 Å². The first-order chi connectivity index (χ1) is 10.2. The molecule has 1 heterocycles. The van der Waals surface area contributed by atoms with Crippen molar-refractivity contribution in [3.8, 4) is 5.75 Å². The third-order valence-corrected chi connectivity index (χ3v) is 3.68. The van der Waals surface area contributed by atoms with Gasteiger partial charge in [0.15, 0.2) is 0 Å². The van der Waals surface area contributed by atoms with Crippen LogP contribution in [0, 0.1) is 0 Å². The third-order valence-electron chi connectivity index (χ3n) is 3.68. The summed E-state index contributed by atoms with van der Waals surface area (Å²) in [5, 5.41) is 0. The Hall–Kier alpha value is -2.49. The first-order valence-electron chi connectivity index (χ1n) is 7.13. The molecule has 0 saturated heterocycles.